The van der Waals surface area contributed by atoms with E-state index in [0.29, 0.717) is 42.3 Å². The van der Waals surface area contributed by atoms with Crippen LogP contribution in [0.2, 0.25) is 0 Å². The Balaban J connectivity index is 0.920. The van der Waals surface area contributed by atoms with Gasteiger partial charge in [-0.15, -0.1) is 0 Å². The number of rotatable bonds is 18. The molecule has 0 bridgehead atoms. The summed E-state index contributed by atoms with van der Waals surface area (Å²) < 4.78 is 35.3. The fourth-order valence-electron chi connectivity index (χ4n) is 14.5. The van der Waals surface area contributed by atoms with Gasteiger partial charge in [-0.05, 0) is 125 Å². The lowest BCUT2D eigenvalue weighted by Crippen LogP contribution is -2.81. The second-order valence-electron chi connectivity index (χ2n) is 23.5. The molecule has 7 aliphatic heterocycles. The van der Waals surface area contributed by atoms with Crippen LogP contribution in [-0.2, 0) is 64.3 Å². The van der Waals surface area contributed by atoms with Crippen molar-refractivity contribution in [1.29, 1.82) is 0 Å². The van der Waals surface area contributed by atoms with Gasteiger partial charge in [-0.3, -0.25) is 48.8 Å². The average Bonchev–Trinajstić information content (AvgIpc) is 1.46. The number of nitrogens with zero attached hydrogens (tertiary/aromatic N) is 8. The van der Waals surface area contributed by atoms with Gasteiger partial charge in [0.2, 0.25) is 0 Å². The third-order valence-corrected chi connectivity index (χ3v) is 18.6. The van der Waals surface area contributed by atoms with Crippen molar-refractivity contribution in [1.82, 2.24) is 39.2 Å². The molecule has 32 nitrogen and oxygen atoms in total. The lowest BCUT2D eigenvalue weighted by Gasteiger charge is -2.51. The summed E-state index contributed by atoms with van der Waals surface area (Å²) in [6.07, 6.45) is 0. The van der Waals surface area contributed by atoms with Gasteiger partial charge in [0, 0.05) is 67.5 Å². The molecule has 6 aromatic rings. The summed E-state index contributed by atoms with van der Waals surface area (Å²) in [6, 6.07) is 28.8. The number of nitrogens with one attached hydrogen (secondary N) is 6. The van der Waals surface area contributed by atoms with Crippen molar-refractivity contribution in [2.75, 3.05) is 85.9 Å². The van der Waals surface area contributed by atoms with Crippen LogP contribution in [0, 0.1) is 0 Å². The molecule has 6 N–H and O–H groups in total. The number of benzene rings is 6. The molecular weight excluding hydrogens is 1300 g/mol. The topological polar surface area (TPSA) is 358 Å². The number of hydrogen-bond donors (Lipinski definition) is 6. The van der Waals surface area contributed by atoms with Crippen LogP contribution in [0.25, 0.3) is 0 Å². The third-order valence-electron chi connectivity index (χ3n) is 18.6. The number of fused-ring (bicyclic) bond motifs is 2. The molecule has 0 aromatic heterocycles. The zero-order chi connectivity index (χ0) is 70.7. The van der Waals surface area contributed by atoms with Crippen molar-refractivity contribution in [3.8, 4) is 11.5 Å². The normalized spacial score (nSPS) is 21.0. The molecule has 0 unspecified atom stereocenters. The predicted molar refractivity (Wildman–Crippen MR) is 351 cm³/mol. The molecule has 7 heterocycles. The van der Waals surface area contributed by atoms with Crippen molar-refractivity contribution in [3.63, 3.8) is 0 Å². The summed E-state index contributed by atoms with van der Waals surface area (Å²) in [5, 5.41) is 16.6. The Morgan fingerprint density at radius 2 is 0.610 bits per heavy atom. The van der Waals surface area contributed by atoms with Gasteiger partial charge >= 0.3 is 60.1 Å². The fourth-order valence-corrected chi connectivity index (χ4v) is 14.5. The molecule has 7 aliphatic rings. The van der Waals surface area contributed by atoms with Gasteiger partial charge in [-0.1, -0.05) is 36.4 Å². The second kappa shape index (κ2) is 25.4. The van der Waals surface area contributed by atoms with E-state index >= 15 is 38.4 Å². The molecular formula is C68H66N14O18. The average molecular weight is 1370 g/mol. The summed E-state index contributed by atoms with van der Waals surface area (Å²) in [6.45, 7) is -1.70. The van der Waals surface area contributed by atoms with Crippen molar-refractivity contribution < 1.29 is 86.0 Å². The highest BCUT2D eigenvalue weighted by Crippen LogP contribution is 2.62. The first kappa shape index (κ1) is 66.0. The molecule has 5 saturated heterocycles. The van der Waals surface area contributed by atoms with Crippen molar-refractivity contribution >= 4 is 106 Å². The Hall–Kier alpha value is -12.6. The lowest BCUT2D eigenvalue weighted by molar-refractivity contribution is -0.209. The lowest BCUT2D eigenvalue weighted by atomic mass is 9.88. The Morgan fingerprint density at radius 3 is 0.890 bits per heavy atom. The van der Waals surface area contributed by atoms with E-state index in [1.165, 1.54) is 115 Å². The SMILES string of the molecule is CCOC(=O)[C@@]12N3CN4C(=O)N5Cc6c(OC)ccc(NC(=O)c7ccc(NC(=O)Nc8ccccc8)cc7)c6CN6C(=O)N(CN1C(=O)N1Cc7c(OC)ccc(NC(=O)c8ccc(NC(=O)Nc9ccccc9)cc8)c7CN(C3=O)[C@@]12C(=O)OCC)[C@@]4(C(=O)OCC)[C@@]65C(=O)OCC. The Bertz CT molecular complexity index is 4160. The maximum Gasteiger partial charge on any atom is 0.359 e. The number of methoxy groups -OCH3 is 2. The highest BCUT2D eigenvalue weighted by Gasteiger charge is 2.93. The Labute approximate surface area is 569 Å². The smallest absolute Gasteiger partial charge is 0.359 e. The molecule has 4 atom stereocenters. The minimum absolute atomic E-state index is 0.0192. The van der Waals surface area contributed by atoms with Crippen LogP contribution in [0.1, 0.15) is 70.7 Å². The Morgan fingerprint density at radius 1 is 0.340 bits per heavy atom. The number of anilines is 6. The maximum absolute atomic E-state index is 16.6. The molecule has 0 spiro atoms. The largest absolute Gasteiger partial charge is 0.496 e. The highest BCUT2D eigenvalue weighted by atomic mass is 16.6. The van der Waals surface area contributed by atoms with Gasteiger partial charge < -0.3 is 60.3 Å². The maximum atomic E-state index is 16.6. The molecule has 516 valence electrons. The first-order chi connectivity index (χ1) is 48.2. The summed E-state index contributed by atoms with van der Waals surface area (Å²) in [7, 11) is 2.62. The monoisotopic (exact) mass is 1370 g/mol. The van der Waals surface area contributed by atoms with Crippen molar-refractivity contribution in [2.45, 2.75) is 76.5 Å². The number of carbonyl (C=O) groups excluding carboxylic acids is 12. The van der Waals surface area contributed by atoms with Gasteiger partial charge in [0.1, 0.15) is 24.8 Å². The van der Waals surface area contributed by atoms with Crippen LogP contribution in [0.3, 0.4) is 0 Å². The van der Waals surface area contributed by atoms with E-state index in [1.54, 1.807) is 60.7 Å². The standard InChI is InChI=1S/C68H66N14O18/c1-7-97-55(85)65-67(57(87)99-9-3)79-37-82-64(94)78-36-48-46(50(30-32-52(48)96-6)74-54(84)40-23-27-44(28-24-40)72-60(90)70-42-19-15-12-16-20-42)34-76-62(92)80(68(82,58(88)100-10-4)66(76,78)56(86)98-8-2)38-81(67)63(93)77(65)35-47-45(33-75(65)61(79)91)49(29-31-51(47)95-5)73-53(83)39-21-25-43(26-22-39)71-59(89)69-41-17-13-11-14-18-41/h11-32H,7-10,33-38H2,1-6H3,(H,73,83)(H,74,84)(H2,69,71,89)(H2,70,72,90)/t65-,66-,67+,68+/m0/s1. The minimum Gasteiger partial charge on any atom is -0.496 e. The van der Waals surface area contributed by atoms with E-state index in [4.69, 9.17) is 28.4 Å². The van der Waals surface area contributed by atoms with Crippen LogP contribution in [0.4, 0.5) is 62.9 Å². The number of urea groups is 6. The first-order valence-electron chi connectivity index (χ1n) is 31.8. The van der Waals surface area contributed by atoms with E-state index < -0.39 is 160 Å². The van der Waals surface area contributed by atoms with E-state index in [0.717, 1.165) is 19.6 Å². The van der Waals surface area contributed by atoms with E-state index in [-0.39, 0.29) is 56.3 Å². The number of hydrogen-bond acceptors (Lipinski definition) is 18. The van der Waals surface area contributed by atoms with Crippen LogP contribution in [0.15, 0.2) is 133 Å². The molecule has 13 rings (SSSR count). The first-order valence-corrected chi connectivity index (χ1v) is 31.8. The number of carbonyl (C=O) groups is 12. The van der Waals surface area contributed by atoms with Gasteiger partial charge in [0.25, 0.3) is 34.5 Å². The van der Waals surface area contributed by atoms with E-state index in [1.807, 2.05) is 0 Å². The predicted octanol–water partition coefficient (Wildman–Crippen LogP) is 7.14. The minimum atomic E-state index is -3.16. The second-order valence-corrected chi connectivity index (χ2v) is 23.5. The summed E-state index contributed by atoms with van der Waals surface area (Å²) in [4.78, 5) is 191. The molecule has 6 aromatic carbocycles. The van der Waals surface area contributed by atoms with Gasteiger partial charge in [-0.25, -0.2) is 47.9 Å². The highest BCUT2D eigenvalue weighted by molar-refractivity contribution is 6.14. The third kappa shape index (κ3) is 9.61. The fraction of sp³-hybridized carbons (Fsp3) is 0.294. The molecule has 14 amide bonds. The van der Waals surface area contributed by atoms with Crippen LogP contribution < -0.4 is 41.4 Å². The summed E-state index contributed by atoms with van der Waals surface area (Å²) in [5.74, 6) is -6.95. The zero-order valence-electron chi connectivity index (χ0n) is 54.7. The Kier molecular flexibility index (Phi) is 16.8. The number of amides is 14. The summed E-state index contributed by atoms with van der Waals surface area (Å²) in [5.41, 5.74) is -10.1. The number of para-hydroxylation sites is 2. The number of esters is 4. The van der Waals surface area contributed by atoms with Gasteiger partial charge in [0.05, 0.1) is 66.8 Å². The van der Waals surface area contributed by atoms with E-state index in [9.17, 15) is 19.2 Å². The molecule has 5 fully saturated rings. The quantitative estimate of drug-likeness (QED) is 0.0368. The number of ether oxygens (including phenoxy) is 6. The van der Waals surface area contributed by atoms with Crippen LogP contribution >= 0.6 is 0 Å². The zero-order valence-corrected chi connectivity index (χ0v) is 54.7. The van der Waals surface area contributed by atoms with Crippen molar-refractivity contribution in [2.24, 2.45) is 0 Å². The molecule has 0 aliphatic carbocycles. The van der Waals surface area contributed by atoms with Gasteiger partial charge in [-0.2, -0.15) is 0 Å². The van der Waals surface area contributed by atoms with Crippen molar-refractivity contribution in [3.05, 3.63) is 167 Å². The molecule has 0 radical (unpaired) electrons. The summed E-state index contributed by atoms with van der Waals surface area (Å²) >= 11 is 0. The van der Waals surface area contributed by atoms with E-state index in [2.05, 4.69) is 31.9 Å². The van der Waals surface area contributed by atoms with Crippen LogP contribution in [-0.4, -0.2) is 188 Å². The molecule has 100 heavy (non-hydrogen) atoms. The van der Waals surface area contributed by atoms with Crippen LogP contribution in [0.5, 0.6) is 11.5 Å². The van der Waals surface area contributed by atoms with Gasteiger partial charge in [0.15, 0.2) is 0 Å². The molecule has 32 heteroatoms. The molecule has 0 saturated carbocycles.